The molecule has 0 N–H and O–H groups in total. The van der Waals surface area contributed by atoms with Crippen molar-refractivity contribution < 1.29 is 9.13 Å². The van der Waals surface area contributed by atoms with Crippen LogP contribution >= 0.6 is 0 Å². The first-order valence-corrected chi connectivity index (χ1v) is 3.06. The van der Waals surface area contributed by atoms with E-state index in [1.54, 1.807) is 18.2 Å². The molecule has 0 atom stereocenters. The second kappa shape index (κ2) is 3.02. The average molecular weight is 151 g/mol. The summed E-state index contributed by atoms with van der Waals surface area (Å²) in [4.78, 5) is 0. The second-order valence-corrected chi connectivity index (χ2v) is 1.92. The van der Waals surface area contributed by atoms with Crippen LogP contribution in [0.15, 0.2) is 18.2 Å². The predicted octanol–water partition coefficient (Wildman–Crippen LogP) is 2.46. The van der Waals surface area contributed by atoms with E-state index in [1.165, 1.54) is 13.0 Å². The molecular formula is C8H6FNO. The van der Waals surface area contributed by atoms with E-state index in [9.17, 15) is 4.39 Å². The van der Waals surface area contributed by atoms with Crippen LogP contribution in [0.5, 0.6) is 11.5 Å². The molecule has 0 amide bonds. The van der Waals surface area contributed by atoms with Gasteiger partial charge in [-0.3, -0.25) is 0 Å². The normalized spacial score (nSPS) is 9.55. The predicted molar refractivity (Wildman–Crippen MR) is 37.8 cm³/mol. The van der Waals surface area contributed by atoms with E-state index in [0.29, 0.717) is 5.75 Å². The van der Waals surface area contributed by atoms with Crippen LogP contribution in [0.25, 0.3) is 0 Å². The summed E-state index contributed by atoms with van der Waals surface area (Å²) in [7, 11) is 0. The fourth-order valence-electron chi connectivity index (χ4n) is 0.694. The van der Waals surface area contributed by atoms with Crippen molar-refractivity contribution in [2.24, 2.45) is 0 Å². The SMILES string of the molecule is CC#N.Fc1ccc2cc1O2. The molecule has 56 valence electrons. The third-order valence-electron chi connectivity index (χ3n) is 1.13. The summed E-state index contributed by atoms with van der Waals surface area (Å²) in [6, 6.07) is 6.41. The monoisotopic (exact) mass is 151 g/mol. The van der Waals surface area contributed by atoms with Crippen molar-refractivity contribution in [2.75, 3.05) is 0 Å². The molecule has 0 spiro atoms. The minimum absolute atomic E-state index is 0.278. The van der Waals surface area contributed by atoms with Crippen LogP contribution in [0.4, 0.5) is 4.39 Å². The van der Waals surface area contributed by atoms with Gasteiger partial charge in [0.2, 0.25) is 0 Å². The first-order chi connectivity index (χ1) is 5.27. The molecule has 2 heterocycles. The van der Waals surface area contributed by atoms with E-state index in [2.05, 4.69) is 0 Å². The number of ether oxygens (including phenoxy) is 1. The van der Waals surface area contributed by atoms with Crippen molar-refractivity contribution in [1.29, 1.82) is 5.26 Å². The van der Waals surface area contributed by atoms with Gasteiger partial charge in [-0.1, -0.05) is 0 Å². The summed E-state index contributed by atoms with van der Waals surface area (Å²) in [5, 5.41) is 7.32. The van der Waals surface area contributed by atoms with E-state index < -0.39 is 0 Å². The van der Waals surface area contributed by atoms with Crippen LogP contribution < -0.4 is 4.74 Å². The maximum absolute atomic E-state index is 12.2. The van der Waals surface area contributed by atoms with Gasteiger partial charge in [0.25, 0.3) is 0 Å². The van der Waals surface area contributed by atoms with Crippen LogP contribution in [0.2, 0.25) is 0 Å². The second-order valence-electron chi connectivity index (χ2n) is 1.92. The van der Waals surface area contributed by atoms with Gasteiger partial charge in [-0.05, 0) is 12.1 Å². The smallest absolute Gasteiger partial charge is 0.166 e. The Morgan fingerprint density at radius 3 is 2.27 bits per heavy atom. The number of hydrogen-bond acceptors (Lipinski definition) is 2. The van der Waals surface area contributed by atoms with E-state index in [1.807, 2.05) is 0 Å². The Kier molecular flexibility index (Phi) is 2.07. The molecular weight excluding hydrogens is 145 g/mol. The summed E-state index contributed by atoms with van der Waals surface area (Å²) in [6.07, 6.45) is 0. The van der Waals surface area contributed by atoms with Crippen molar-refractivity contribution in [3.05, 3.63) is 24.0 Å². The third-order valence-corrected chi connectivity index (χ3v) is 1.13. The molecule has 0 aromatic heterocycles. The number of nitrogens with zero attached hydrogens (tertiary/aromatic N) is 1. The van der Waals surface area contributed by atoms with Gasteiger partial charge in [-0.15, -0.1) is 0 Å². The van der Waals surface area contributed by atoms with Crippen molar-refractivity contribution in [1.82, 2.24) is 0 Å². The molecule has 2 nitrogen and oxygen atoms in total. The highest BCUT2D eigenvalue weighted by molar-refractivity contribution is 5.45. The zero-order chi connectivity index (χ0) is 8.27. The molecule has 3 heteroatoms. The van der Waals surface area contributed by atoms with Crippen molar-refractivity contribution >= 4 is 0 Å². The first kappa shape index (κ1) is 7.55. The van der Waals surface area contributed by atoms with Gasteiger partial charge in [0.05, 0.1) is 6.07 Å². The Bertz CT molecular complexity index is 294. The van der Waals surface area contributed by atoms with Gasteiger partial charge < -0.3 is 4.74 Å². The minimum Gasteiger partial charge on any atom is -0.454 e. The van der Waals surface area contributed by atoms with E-state index in [0.717, 1.165) is 5.75 Å². The highest BCUT2D eigenvalue weighted by atomic mass is 19.1. The van der Waals surface area contributed by atoms with Crippen LogP contribution in [0.3, 0.4) is 0 Å². The topological polar surface area (TPSA) is 33.0 Å². The molecule has 1 aromatic carbocycles. The molecule has 0 aliphatic carbocycles. The maximum atomic E-state index is 12.2. The van der Waals surface area contributed by atoms with E-state index >= 15 is 0 Å². The summed E-state index contributed by atoms with van der Waals surface area (Å²) in [5.74, 6) is 0.837. The Hall–Kier alpha value is -1.56. The molecule has 0 fully saturated rings. The fourth-order valence-corrected chi connectivity index (χ4v) is 0.694. The van der Waals surface area contributed by atoms with Gasteiger partial charge >= 0.3 is 0 Å². The number of fused-ring (bicyclic) bond motifs is 2. The quantitative estimate of drug-likeness (QED) is 0.579. The van der Waals surface area contributed by atoms with E-state index in [4.69, 9.17) is 10.00 Å². The minimum atomic E-state index is -0.278. The molecule has 0 saturated carbocycles. The number of nitriles is 1. The summed E-state index contributed by atoms with van der Waals surface area (Å²) < 4.78 is 17.0. The van der Waals surface area contributed by atoms with Crippen molar-refractivity contribution in [3.63, 3.8) is 0 Å². The lowest BCUT2D eigenvalue weighted by atomic mass is 10.2. The fraction of sp³-hybridized carbons (Fsp3) is 0.125. The summed E-state index contributed by atoms with van der Waals surface area (Å²) in [5.41, 5.74) is 0. The molecule has 2 bridgehead atoms. The van der Waals surface area contributed by atoms with Crippen LogP contribution in [0.1, 0.15) is 6.92 Å². The zero-order valence-corrected chi connectivity index (χ0v) is 5.97. The van der Waals surface area contributed by atoms with Crippen LogP contribution in [-0.4, -0.2) is 0 Å². The number of benzene rings is 1. The van der Waals surface area contributed by atoms with Crippen molar-refractivity contribution in [2.45, 2.75) is 6.92 Å². The first-order valence-electron chi connectivity index (χ1n) is 3.06. The lowest BCUT2D eigenvalue weighted by Crippen LogP contribution is -1.96. The molecule has 2 aliphatic heterocycles. The van der Waals surface area contributed by atoms with Crippen molar-refractivity contribution in [3.8, 4) is 17.6 Å². The molecule has 2 aliphatic rings. The summed E-state index contributed by atoms with van der Waals surface area (Å²) in [6.45, 7) is 1.43. The van der Waals surface area contributed by atoms with Gasteiger partial charge in [-0.25, -0.2) is 4.39 Å². The Labute approximate surface area is 63.8 Å². The summed E-state index contributed by atoms with van der Waals surface area (Å²) >= 11 is 0. The lowest BCUT2D eigenvalue weighted by molar-refractivity contribution is 0.398. The van der Waals surface area contributed by atoms with Gasteiger partial charge in [0.15, 0.2) is 11.6 Å². The van der Waals surface area contributed by atoms with Gasteiger partial charge in [0.1, 0.15) is 5.75 Å². The molecule has 0 radical (unpaired) electrons. The van der Waals surface area contributed by atoms with Gasteiger partial charge in [0, 0.05) is 13.0 Å². The Morgan fingerprint density at radius 2 is 2.09 bits per heavy atom. The molecule has 0 saturated heterocycles. The molecule has 1 aromatic rings. The number of hydrogen-bond donors (Lipinski definition) is 0. The average Bonchev–Trinajstić information content (AvgIpc) is 1.86. The van der Waals surface area contributed by atoms with Gasteiger partial charge in [-0.2, -0.15) is 5.26 Å². The zero-order valence-electron chi connectivity index (χ0n) is 5.97. The van der Waals surface area contributed by atoms with Crippen LogP contribution in [0, 0.1) is 17.1 Å². The highest BCUT2D eigenvalue weighted by Gasteiger charge is 2.14. The Morgan fingerprint density at radius 1 is 1.55 bits per heavy atom. The molecule has 0 unspecified atom stereocenters. The maximum Gasteiger partial charge on any atom is 0.166 e. The Balaban J connectivity index is 0.000000179. The number of rotatable bonds is 0. The molecule has 11 heavy (non-hydrogen) atoms. The molecule has 3 rings (SSSR count). The van der Waals surface area contributed by atoms with E-state index in [-0.39, 0.29) is 5.82 Å². The standard InChI is InChI=1S/C6H3FO.C2H3N/c7-5-2-1-4-3-6(5)8-4;1-2-3/h1-3H;1H3. The largest absolute Gasteiger partial charge is 0.454 e. The lowest BCUT2D eigenvalue weighted by Gasteiger charge is -2.15. The third kappa shape index (κ3) is 1.47. The van der Waals surface area contributed by atoms with Crippen LogP contribution in [-0.2, 0) is 0 Å². The number of halogens is 1. The highest BCUT2D eigenvalue weighted by Crippen LogP contribution is 2.36.